The number of aromatic nitrogens is 7. The van der Waals surface area contributed by atoms with Crippen LogP contribution in [0.25, 0.3) is 81.2 Å². The summed E-state index contributed by atoms with van der Waals surface area (Å²) in [6, 6.07) is 54.8. The second-order valence-electron chi connectivity index (χ2n) is 15.9. The molecular formula is C72H87Br2Cl2FN8. The molecule has 0 fully saturated rings. The Morgan fingerprint density at radius 3 is 1.31 bits per heavy atom. The Morgan fingerprint density at radius 1 is 0.365 bits per heavy atom. The van der Waals surface area contributed by atoms with Crippen LogP contribution in [0.4, 0.5) is 10.1 Å². The lowest BCUT2D eigenvalue weighted by atomic mass is 10.2. The summed E-state index contributed by atoms with van der Waals surface area (Å²) in [4.78, 5) is 24.9. The molecule has 0 bridgehead atoms. The number of nitrogens with zero attached hydrogens (tertiary/aromatic N) is 1. The molecule has 450 valence electrons. The van der Waals surface area contributed by atoms with Gasteiger partial charge in [0.05, 0.1) is 6.57 Å². The second kappa shape index (κ2) is 44.8. The lowest BCUT2D eigenvalue weighted by Crippen LogP contribution is -1.72. The van der Waals surface area contributed by atoms with Crippen molar-refractivity contribution in [3.8, 4) is 0 Å². The summed E-state index contributed by atoms with van der Waals surface area (Å²) in [6.45, 7) is 36.9. The fraction of sp³-hybridized carbons (Fsp3) is 0.208. The van der Waals surface area contributed by atoms with E-state index < -0.39 is 0 Å². The molecule has 0 saturated heterocycles. The molecule has 0 unspecified atom stereocenters. The van der Waals surface area contributed by atoms with Crippen molar-refractivity contribution in [3.05, 3.63) is 255 Å². The molecule has 0 aliphatic heterocycles. The lowest BCUT2D eigenvalue weighted by Gasteiger charge is -1.90. The first-order chi connectivity index (χ1) is 41.6. The standard InChI is InChI=1S/C9H6N2.C9H9N.2C8H6BrN.2C8H6ClN.C8H6FN.7C2H6/c1-10-8-2-3-9-7(6-8)4-5-11-9;1-7-2-3-9-8(6-7)4-5-10-9;9-7-2-1-6-3-4-10-8(6)5-7;9-7-2-1-3-8-6(7)4-5-10-8;9-7-2-1-6-3-4-10-8(6)5-7;2*9-7-2-1-3-8-6(7)4-5-10-8;7*1-2/h2-6,11H;2-6,10H,1H3;5*1-5,10H;7*1-2H3. The largest absolute Gasteiger partial charge is 0.361 e. The molecule has 0 aliphatic carbocycles. The van der Waals surface area contributed by atoms with Gasteiger partial charge in [-0.15, -0.1) is 0 Å². The van der Waals surface area contributed by atoms with Gasteiger partial charge in [-0.1, -0.05) is 200 Å². The minimum absolute atomic E-state index is 0.168. The van der Waals surface area contributed by atoms with Crippen molar-refractivity contribution < 1.29 is 4.39 Å². The summed E-state index contributed by atoms with van der Waals surface area (Å²) in [5.41, 5.74) is 9.68. The van der Waals surface area contributed by atoms with Gasteiger partial charge in [-0.3, -0.25) is 0 Å². The van der Waals surface area contributed by atoms with Crippen LogP contribution in [0.1, 0.15) is 102 Å². The van der Waals surface area contributed by atoms with Crippen LogP contribution in [0, 0.1) is 19.3 Å². The number of nitrogens with one attached hydrogen (secondary N) is 7. The minimum Gasteiger partial charge on any atom is -0.361 e. The average Bonchev–Trinajstić information content (AvgIpc) is 4.46. The smallest absolute Gasteiger partial charge is 0.187 e. The van der Waals surface area contributed by atoms with Crippen LogP contribution in [0.2, 0.25) is 10.0 Å². The maximum Gasteiger partial charge on any atom is 0.187 e. The van der Waals surface area contributed by atoms with E-state index in [4.69, 9.17) is 29.8 Å². The van der Waals surface area contributed by atoms with E-state index in [-0.39, 0.29) is 5.82 Å². The highest BCUT2D eigenvalue weighted by molar-refractivity contribution is 9.11. The molecule has 7 aromatic carbocycles. The quantitative estimate of drug-likeness (QED) is 0.0734. The zero-order chi connectivity index (χ0) is 63.5. The maximum absolute atomic E-state index is 12.8. The normalized spacial score (nSPS) is 9.16. The van der Waals surface area contributed by atoms with Crippen LogP contribution in [0.3, 0.4) is 0 Å². The molecule has 0 aliphatic rings. The van der Waals surface area contributed by atoms with E-state index in [1.807, 2.05) is 231 Å². The van der Waals surface area contributed by atoms with Crippen LogP contribution >= 0.6 is 55.1 Å². The Hall–Kier alpha value is -7.72. The fourth-order valence-electron chi connectivity index (χ4n) is 7.46. The van der Waals surface area contributed by atoms with Crippen molar-refractivity contribution in [1.82, 2.24) is 34.9 Å². The highest BCUT2D eigenvalue weighted by Crippen LogP contribution is 2.24. The number of halogens is 5. The number of aryl methyl sites for hydroxylation is 1. The Kier molecular flexibility index (Phi) is 39.6. The topological polar surface area (TPSA) is 115 Å². The van der Waals surface area contributed by atoms with Crippen molar-refractivity contribution in [2.75, 3.05) is 0 Å². The monoisotopic (exact) mass is 1310 g/mol. The second-order valence-corrected chi connectivity index (χ2v) is 18.5. The van der Waals surface area contributed by atoms with Crippen LogP contribution < -0.4 is 0 Å². The molecule has 14 aromatic rings. The van der Waals surface area contributed by atoms with E-state index in [9.17, 15) is 4.39 Å². The number of hydrogen-bond acceptors (Lipinski definition) is 0. The van der Waals surface area contributed by atoms with Gasteiger partial charge < -0.3 is 34.9 Å². The van der Waals surface area contributed by atoms with E-state index in [0.29, 0.717) is 11.1 Å². The molecule has 8 nitrogen and oxygen atoms in total. The highest BCUT2D eigenvalue weighted by Gasteiger charge is 2.00. The van der Waals surface area contributed by atoms with Gasteiger partial charge in [0, 0.05) is 117 Å². The predicted molar refractivity (Wildman–Crippen MR) is 384 cm³/mol. The first-order valence-corrected chi connectivity index (χ1v) is 31.5. The first kappa shape index (κ1) is 75.3. The molecule has 0 saturated carbocycles. The van der Waals surface area contributed by atoms with E-state index in [1.165, 1.54) is 49.7 Å². The van der Waals surface area contributed by atoms with Crippen LogP contribution in [0.15, 0.2) is 222 Å². The molecule has 14 rings (SSSR count). The summed E-state index contributed by atoms with van der Waals surface area (Å²) < 4.78 is 15.1. The van der Waals surface area contributed by atoms with Crippen LogP contribution in [0.5, 0.6) is 0 Å². The molecule has 13 heteroatoms. The molecule has 0 atom stereocenters. The van der Waals surface area contributed by atoms with E-state index in [1.54, 1.807) is 18.3 Å². The van der Waals surface area contributed by atoms with Gasteiger partial charge in [0.1, 0.15) is 5.82 Å². The lowest BCUT2D eigenvalue weighted by molar-refractivity contribution is 0.640. The van der Waals surface area contributed by atoms with E-state index in [0.717, 1.165) is 51.8 Å². The minimum atomic E-state index is -0.168. The third kappa shape index (κ3) is 24.8. The van der Waals surface area contributed by atoms with Gasteiger partial charge in [-0.2, -0.15) is 0 Å². The fourth-order valence-corrected chi connectivity index (χ4v) is 8.73. The average molecular weight is 1310 g/mol. The summed E-state index contributed by atoms with van der Waals surface area (Å²) in [6.07, 6.45) is 13.2. The molecule has 0 spiro atoms. The number of benzene rings is 7. The molecule has 0 amide bonds. The SMILES string of the molecule is Brc1ccc2cc[nH]c2c1.Brc1cccc2[nH]ccc12.CC.CC.CC.CC.CC.CC.CC.Cc1ccc2[nH]ccc2c1.Clc1ccc2cc[nH]c2c1.Clc1cccc2[nH]ccc12.Fc1cccc2[nH]ccc12.[C-]#[N+]c1ccc2[nH]ccc2c1. The zero-order valence-corrected chi connectivity index (χ0v) is 56.7. The van der Waals surface area contributed by atoms with E-state index >= 15 is 0 Å². The summed E-state index contributed by atoms with van der Waals surface area (Å²) in [5.74, 6) is -0.168. The highest BCUT2D eigenvalue weighted by atomic mass is 79.9. The molecule has 0 radical (unpaired) electrons. The Balaban J connectivity index is 0.000000479. The Labute approximate surface area is 531 Å². The zero-order valence-electron chi connectivity index (χ0n) is 52.0. The van der Waals surface area contributed by atoms with Gasteiger partial charge in [-0.25, -0.2) is 9.24 Å². The number of hydrogen-bond donors (Lipinski definition) is 7. The third-order valence-corrected chi connectivity index (χ3v) is 12.8. The Morgan fingerprint density at radius 2 is 0.776 bits per heavy atom. The summed E-state index contributed by atoms with van der Waals surface area (Å²) >= 11 is 18.5. The van der Waals surface area contributed by atoms with Gasteiger partial charge in [0.25, 0.3) is 0 Å². The van der Waals surface area contributed by atoms with Gasteiger partial charge in [-0.05, 0) is 156 Å². The maximum atomic E-state index is 12.8. The van der Waals surface area contributed by atoms with E-state index in [2.05, 4.69) is 133 Å². The van der Waals surface area contributed by atoms with Crippen molar-refractivity contribution in [3.63, 3.8) is 0 Å². The number of rotatable bonds is 0. The predicted octanol–water partition coefficient (Wildman–Crippen LogP) is 26.2. The van der Waals surface area contributed by atoms with Gasteiger partial charge in [0.2, 0.25) is 0 Å². The van der Waals surface area contributed by atoms with Crippen molar-refractivity contribution in [2.24, 2.45) is 0 Å². The van der Waals surface area contributed by atoms with Crippen molar-refractivity contribution in [2.45, 2.75) is 104 Å². The summed E-state index contributed by atoms with van der Waals surface area (Å²) in [7, 11) is 0. The molecule has 7 N–H and O–H groups in total. The third-order valence-electron chi connectivity index (χ3n) is 11.0. The molecular weight excluding hydrogens is 1230 g/mol. The summed E-state index contributed by atoms with van der Waals surface area (Å²) in [5, 5.41) is 9.40. The number of H-pyrrole nitrogens is 7. The van der Waals surface area contributed by atoms with Gasteiger partial charge in [0.15, 0.2) is 5.69 Å². The van der Waals surface area contributed by atoms with Gasteiger partial charge >= 0.3 is 0 Å². The molecule has 7 aromatic heterocycles. The number of fused-ring (bicyclic) bond motifs is 7. The first-order valence-electron chi connectivity index (χ1n) is 29.2. The van der Waals surface area contributed by atoms with Crippen LogP contribution in [-0.2, 0) is 0 Å². The van der Waals surface area contributed by atoms with Crippen molar-refractivity contribution >= 4 is 137 Å². The molecule has 7 heterocycles. The number of aromatic amines is 7. The van der Waals surface area contributed by atoms with Crippen molar-refractivity contribution in [1.29, 1.82) is 0 Å². The Bertz CT molecular complexity index is 3640. The molecule has 85 heavy (non-hydrogen) atoms. The van der Waals surface area contributed by atoms with Crippen LogP contribution in [-0.4, -0.2) is 34.9 Å².